The first-order chi connectivity index (χ1) is 11.2. The van der Waals surface area contributed by atoms with Gasteiger partial charge in [-0.05, 0) is 19.3 Å². The average molecular weight is 346 g/mol. The molecule has 4 atom stereocenters. The van der Waals surface area contributed by atoms with E-state index in [-0.39, 0.29) is 12.1 Å². The molecule has 1 saturated carbocycles. The first-order valence-corrected chi connectivity index (χ1v) is 7.60. The summed E-state index contributed by atoms with van der Waals surface area (Å²) in [5.74, 6) is -4.98. The Kier molecular flexibility index (Phi) is 7.59. The summed E-state index contributed by atoms with van der Waals surface area (Å²) < 4.78 is 0. The third kappa shape index (κ3) is 6.92. The Morgan fingerprint density at radius 2 is 1.17 bits per heavy atom. The van der Waals surface area contributed by atoms with Gasteiger partial charge in [0, 0.05) is 12.1 Å². The second-order valence-corrected chi connectivity index (χ2v) is 5.87. The summed E-state index contributed by atoms with van der Waals surface area (Å²) in [6.07, 6.45) is 1.25. The van der Waals surface area contributed by atoms with Gasteiger partial charge in [0.25, 0.3) is 0 Å². The second-order valence-electron chi connectivity index (χ2n) is 5.87. The molecular formula is C14H22N2O8. The van der Waals surface area contributed by atoms with E-state index in [1.165, 1.54) is 0 Å². The van der Waals surface area contributed by atoms with Crippen LogP contribution in [0.3, 0.4) is 0 Å². The highest BCUT2D eigenvalue weighted by Gasteiger charge is 2.31. The van der Waals surface area contributed by atoms with Gasteiger partial charge in [-0.25, -0.2) is 0 Å². The number of nitrogens with one attached hydrogen (secondary N) is 2. The first kappa shape index (κ1) is 19.8. The molecule has 6 N–H and O–H groups in total. The van der Waals surface area contributed by atoms with E-state index in [1.807, 2.05) is 0 Å². The summed E-state index contributed by atoms with van der Waals surface area (Å²) in [6, 6.07) is -3.01. The maximum atomic E-state index is 11.1. The summed E-state index contributed by atoms with van der Waals surface area (Å²) in [7, 11) is 0. The van der Waals surface area contributed by atoms with Crippen LogP contribution in [-0.4, -0.2) is 68.5 Å². The van der Waals surface area contributed by atoms with Crippen LogP contribution in [0.5, 0.6) is 0 Å². The van der Waals surface area contributed by atoms with E-state index in [1.54, 1.807) is 0 Å². The third-order valence-electron chi connectivity index (χ3n) is 3.90. The molecule has 1 aliphatic carbocycles. The Morgan fingerprint density at radius 1 is 0.792 bits per heavy atom. The van der Waals surface area contributed by atoms with Crippen molar-refractivity contribution >= 4 is 23.9 Å². The summed E-state index contributed by atoms with van der Waals surface area (Å²) in [4.78, 5) is 43.6. The highest BCUT2D eigenvalue weighted by atomic mass is 16.4. The topological polar surface area (TPSA) is 173 Å². The minimum Gasteiger partial charge on any atom is -0.481 e. The lowest BCUT2D eigenvalue weighted by Crippen LogP contribution is -2.52. The molecule has 0 aliphatic heterocycles. The van der Waals surface area contributed by atoms with Crippen molar-refractivity contribution in [1.29, 1.82) is 0 Å². The largest absolute Gasteiger partial charge is 0.481 e. The number of carboxylic acid groups (broad SMARTS) is 4. The lowest BCUT2D eigenvalue weighted by molar-refractivity contribution is -0.146. The van der Waals surface area contributed by atoms with Gasteiger partial charge in [0.15, 0.2) is 0 Å². The molecule has 136 valence electrons. The van der Waals surface area contributed by atoms with Crippen LogP contribution >= 0.6 is 0 Å². The molecule has 0 heterocycles. The van der Waals surface area contributed by atoms with Gasteiger partial charge in [-0.3, -0.25) is 19.2 Å². The summed E-state index contributed by atoms with van der Waals surface area (Å²) in [6.45, 7) is 0. The van der Waals surface area contributed by atoms with Crippen molar-refractivity contribution in [2.75, 3.05) is 0 Å². The fourth-order valence-corrected chi connectivity index (χ4v) is 2.85. The molecule has 0 bridgehead atoms. The van der Waals surface area contributed by atoms with Gasteiger partial charge >= 0.3 is 23.9 Å². The Labute approximate surface area is 137 Å². The Bertz CT molecular complexity index is 453. The molecular weight excluding hydrogens is 324 g/mol. The van der Waals surface area contributed by atoms with Crippen molar-refractivity contribution in [3.05, 3.63) is 0 Å². The zero-order chi connectivity index (χ0) is 18.3. The van der Waals surface area contributed by atoms with Crippen LogP contribution < -0.4 is 10.6 Å². The van der Waals surface area contributed by atoms with Gasteiger partial charge in [0.2, 0.25) is 0 Å². The molecule has 0 aromatic rings. The van der Waals surface area contributed by atoms with E-state index < -0.39 is 48.8 Å². The summed E-state index contributed by atoms with van der Waals surface area (Å²) >= 11 is 0. The van der Waals surface area contributed by atoms with Gasteiger partial charge < -0.3 is 31.1 Å². The van der Waals surface area contributed by atoms with E-state index in [0.29, 0.717) is 25.7 Å². The van der Waals surface area contributed by atoms with E-state index >= 15 is 0 Å². The number of rotatable bonds is 10. The highest BCUT2D eigenvalue weighted by molar-refractivity contribution is 5.81. The zero-order valence-electron chi connectivity index (χ0n) is 13.0. The predicted octanol–water partition coefficient (Wildman–Crippen LogP) is -0.667. The van der Waals surface area contributed by atoms with Crippen LogP contribution in [0.4, 0.5) is 0 Å². The molecule has 0 radical (unpaired) electrons. The third-order valence-corrected chi connectivity index (χ3v) is 3.90. The molecule has 0 spiro atoms. The van der Waals surface area contributed by atoms with Crippen molar-refractivity contribution in [2.45, 2.75) is 62.7 Å². The molecule has 2 unspecified atom stereocenters. The van der Waals surface area contributed by atoms with Crippen LogP contribution in [0.2, 0.25) is 0 Å². The van der Waals surface area contributed by atoms with E-state index in [2.05, 4.69) is 10.6 Å². The molecule has 10 nitrogen and oxygen atoms in total. The van der Waals surface area contributed by atoms with Crippen LogP contribution in [-0.2, 0) is 19.2 Å². The lowest BCUT2D eigenvalue weighted by atomic mass is 9.89. The fourth-order valence-electron chi connectivity index (χ4n) is 2.85. The Balaban J connectivity index is 2.61. The van der Waals surface area contributed by atoms with Gasteiger partial charge in [0.1, 0.15) is 12.1 Å². The molecule has 0 saturated heterocycles. The van der Waals surface area contributed by atoms with Crippen LogP contribution in [0, 0.1) is 0 Å². The molecule has 10 heteroatoms. The molecule has 0 amide bonds. The van der Waals surface area contributed by atoms with Gasteiger partial charge in [0.05, 0.1) is 12.8 Å². The monoisotopic (exact) mass is 346 g/mol. The minimum atomic E-state index is -1.26. The maximum absolute atomic E-state index is 11.1. The second kappa shape index (κ2) is 9.18. The standard InChI is InChI=1S/C14H22N2O8/c17-11(18)5-9(13(21)22)15-7-2-1-3-8(4-7)16-10(14(23)24)6-12(19)20/h7-10,15-16H,1-6H2,(H,17,18)(H,19,20)(H,21,22)(H,23,24)/t7?,8?,9-,10-/m0/s1. The van der Waals surface area contributed by atoms with Crippen LogP contribution in [0.1, 0.15) is 38.5 Å². The van der Waals surface area contributed by atoms with Crippen LogP contribution in [0.25, 0.3) is 0 Å². The van der Waals surface area contributed by atoms with Crippen molar-refractivity contribution in [2.24, 2.45) is 0 Å². The highest BCUT2D eigenvalue weighted by Crippen LogP contribution is 2.20. The zero-order valence-corrected chi connectivity index (χ0v) is 13.0. The minimum absolute atomic E-state index is 0.282. The number of hydrogen-bond donors (Lipinski definition) is 6. The molecule has 1 fully saturated rings. The normalized spacial score (nSPS) is 23.2. The number of carbonyl (C=O) groups is 4. The first-order valence-electron chi connectivity index (χ1n) is 7.60. The van der Waals surface area contributed by atoms with Crippen molar-refractivity contribution in [3.8, 4) is 0 Å². The molecule has 0 aromatic heterocycles. The van der Waals surface area contributed by atoms with E-state index in [4.69, 9.17) is 20.4 Å². The number of hydrogen-bond acceptors (Lipinski definition) is 6. The smallest absolute Gasteiger partial charge is 0.321 e. The fraction of sp³-hybridized carbons (Fsp3) is 0.714. The lowest BCUT2D eigenvalue weighted by Gasteiger charge is -2.33. The van der Waals surface area contributed by atoms with Crippen molar-refractivity contribution in [1.82, 2.24) is 10.6 Å². The molecule has 1 rings (SSSR count). The number of aliphatic carboxylic acids is 4. The molecule has 1 aliphatic rings. The molecule has 0 aromatic carbocycles. The SMILES string of the molecule is O=C(O)C[C@H](NC1CCCC(N[C@@H](CC(=O)O)C(=O)O)C1)C(=O)O. The van der Waals surface area contributed by atoms with E-state index in [0.717, 1.165) is 0 Å². The maximum Gasteiger partial charge on any atom is 0.321 e. The summed E-state index contributed by atoms with van der Waals surface area (Å²) in [5, 5.41) is 41.1. The van der Waals surface area contributed by atoms with Crippen LogP contribution in [0.15, 0.2) is 0 Å². The summed E-state index contributed by atoms with van der Waals surface area (Å²) in [5.41, 5.74) is 0. The average Bonchev–Trinajstić information content (AvgIpc) is 2.45. The van der Waals surface area contributed by atoms with Gasteiger partial charge in [-0.15, -0.1) is 0 Å². The Morgan fingerprint density at radius 3 is 1.46 bits per heavy atom. The molecule has 24 heavy (non-hydrogen) atoms. The van der Waals surface area contributed by atoms with Crippen molar-refractivity contribution in [3.63, 3.8) is 0 Å². The van der Waals surface area contributed by atoms with Crippen molar-refractivity contribution < 1.29 is 39.6 Å². The quantitative estimate of drug-likeness (QED) is 0.298. The van der Waals surface area contributed by atoms with Gasteiger partial charge in [-0.1, -0.05) is 6.42 Å². The number of carboxylic acids is 4. The van der Waals surface area contributed by atoms with E-state index in [9.17, 15) is 19.2 Å². The van der Waals surface area contributed by atoms with Gasteiger partial charge in [-0.2, -0.15) is 0 Å². The Hall–Kier alpha value is -2.20. The predicted molar refractivity (Wildman–Crippen MR) is 79.7 cm³/mol.